The largest absolute Gasteiger partial charge is 0.476 e. The number of halogens is 1. The van der Waals surface area contributed by atoms with Crippen LogP contribution in [0.25, 0.3) is 0 Å². The topological polar surface area (TPSA) is 79.3 Å². The minimum Gasteiger partial charge on any atom is -0.476 e. The van der Waals surface area contributed by atoms with Gasteiger partial charge in [0.05, 0.1) is 0 Å². The average molecular weight is 297 g/mol. The van der Waals surface area contributed by atoms with Crippen LogP contribution < -0.4 is 5.32 Å². The molecule has 0 radical (unpaired) electrons. The Bertz CT molecular complexity index is 605. The molecule has 5 nitrogen and oxygen atoms in total. The van der Waals surface area contributed by atoms with Crippen molar-refractivity contribution < 1.29 is 14.7 Å². The zero-order valence-corrected chi connectivity index (χ0v) is 11.4. The highest BCUT2D eigenvalue weighted by molar-refractivity contribution is 7.17. The molecule has 0 amide bonds. The van der Waals surface area contributed by atoms with E-state index in [1.165, 1.54) is 6.92 Å². The van der Waals surface area contributed by atoms with Crippen molar-refractivity contribution in [2.75, 3.05) is 5.32 Å². The Hall–Kier alpha value is -1.92. The highest BCUT2D eigenvalue weighted by Crippen LogP contribution is 2.27. The van der Waals surface area contributed by atoms with Gasteiger partial charge in [0.1, 0.15) is 4.88 Å². The lowest BCUT2D eigenvalue weighted by molar-refractivity contribution is 0.0687. The van der Waals surface area contributed by atoms with Crippen LogP contribution in [-0.2, 0) is 0 Å². The Morgan fingerprint density at radius 2 is 1.95 bits per heavy atom. The highest BCUT2D eigenvalue weighted by Gasteiger charge is 2.20. The molecule has 98 valence electrons. The third-order valence-corrected chi connectivity index (χ3v) is 3.57. The number of hydrogen-bond donors (Lipinski definition) is 2. The van der Waals surface area contributed by atoms with Crippen molar-refractivity contribution in [1.29, 1.82) is 0 Å². The molecule has 1 heterocycles. The molecule has 0 spiro atoms. The van der Waals surface area contributed by atoms with E-state index in [0.717, 1.165) is 11.3 Å². The summed E-state index contributed by atoms with van der Waals surface area (Å²) in [7, 11) is 0. The van der Waals surface area contributed by atoms with Crippen LogP contribution in [0, 0.1) is 0 Å². The first-order chi connectivity index (χ1) is 8.97. The Morgan fingerprint density at radius 3 is 2.42 bits per heavy atom. The molecule has 0 aliphatic heterocycles. The van der Waals surface area contributed by atoms with Gasteiger partial charge in [0.15, 0.2) is 16.6 Å². The van der Waals surface area contributed by atoms with E-state index < -0.39 is 5.97 Å². The van der Waals surface area contributed by atoms with Gasteiger partial charge in [-0.3, -0.25) is 4.79 Å². The molecule has 0 atom stereocenters. The summed E-state index contributed by atoms with van der Waals surface area (Å²) < 4.78 is 0. The summed E-state index contributed by atoms with van der Waals surface area (Å²) in [5.41, 5.74) is 0.485. The fourth-order valence-corrected chi connectivity index (χ4v) is 2.41. The smallest absolute Gasteiger partial charge is 0.356 e. The van der Waals surface area contributed by atoms with Crippen LogP contribution in [0.4, 0.5) is 10.8 Å². The predicted molar refractivity (Wildman–Crippen MR) is 73.8 cm³/mol. The van der Waals surface area contributed by atoms with Gasteiger partial charge in [0.2, 0.25) is 0 Å². The number of Topliss-reactive ketones (excluding diaryl/α,β-unsaturated/α-hetero) is 1. The number of nitrogens with zero attached hydrogens (tertiary/aromatic N) is 1. The fraction of sp³-hybridized carbons (Fsp3) is 0.0833. The monoisotopic (exact) mass is 296 g/mol. The number of anilines is 2. The zero-order chi connectivity index (χ0) is 14.0. The first kappa shape index (κ1) is 13.5. The first-order valence-corrected chi connectivity index (χ1v) is 6.44. The maximum absolute atomic E-state index is 11.3. The maximum atomic E-state index is 11.3. The molecule has 0 fully saturated rings. The van der Waals surface area contributed by atoms with Gasteiger partial charge in [0.25, 0.3) is 0 Å². The summed E-state index contributed by atoms with van der Waals surface area (Å²) in [5, 5.41) is 12.9. The van der Waals surface area contributed by atoms with Gasteiger partial charge >= 0.3 is 5.97 Å². The third-order valence-electron chi connectivity index (χ3n) is 2.24. The molecule has 7 heteroatoms. The van der Waals surface area contributed by atoms with Gasteiger partial charge in [-0.2, -0.15) is 0 Å². The molecule has 0 aliphatic carbocycles. The van der Waals surface area contributed by atoms with Crippen molar-refractivity contribution >= 4 is 45.5 Å². The van der Waals surface area contributed by atoms with Crippen molar-refractivity contribution in [3.05, 3.63) is 39.9 Å². The molecular formula is C12H9ClN2O3S. The minimum atomic E-state index is -1.22. The normalized spacial score (nSPS) is 10.2. The SMILES string of the molecule is CC(=O)c1sc(Nc2ccc(Cl)cc2)nc1C(=O)O. The molecule has 0 bridgehead atoms. The second kappa shape index (κ2) is 5.38. The number of carbonyl (C=O) groups is 2. The third kappa shape index (κ3) is 3.10. The van der Waals surface area contributed by atoms with Gasteiger partial charge in [-0.15, -0.1) is 0 Å². The van der Waals surface area contributed by atoms with Gasteiger partial charge in [0, 0.05) is 17.6 Å². The summed E-state index contributed by atoms with van der Waals surface area (Å²) in [6, 6.07) is 6.86. The van der Waals surface area contributed by atoms with Crippen LogP contribution in [0.15, 0.2) is 24.3 Å². The summed E-state index contributed by atoms with van der Waals surface area (Å²) in [5.74, 6) is -1.54. The number of carboxylic acids is 1. The molecule has 0 unspecified atom stereocenters. The number of carboxylic acid groups (broad SMARTS) is 1. The lowest BCUT2D eigenvalue weighted by atomic mass is 10.3. The summed E-state index contributed by atoms with van der Waals surface area (Å²) in [4.78, 5) is 26.4. The van der Waals surface area contributed by atoms with Gasteiger partial charge in [-0.1, -0.05) is 22.9 Å². The van der Waals surface area contributed by atoms with Crippen molar-refractivity contribution in [3.8, 4) is 0 Å². The maximum Gasteiger partial charge on any atom is 0.356 e. The van der Waals surface area contributed by atoms with Crippen LogP contribution in [0.1, 0.15) is 27.1 Å². The van der Waals surface area contributed by atoms with E-state index in [4.69, 9.17) is 16.7 Å². The van der Waals surface area contributed by atoms with Gasteiger partial charge < -0.3 is 10.4 Å². The van der Waals surface area contributed by atoms with E-state index >= 15 is 0 Å². The lowest BCUT2D eigenvalue weighted by Gasteiger charge is -2.01. The molecular weight excluding hydrogens is 288 g/mol. The van der Waals surface area contributed by atoms with E-state index in [2.05, 4.69) is 10.3 Å². The van der Waals surface area contributed by atoms with Crippen LogP contribution in [0.2, 0.25) is 5.02 Å². The van der Waals surface area contributed by atoms with E-state index in [1.54, 1.807) is 24.3 Å². The fourth-order valence-electron chi connectivity index (χ4n) is 1.41. The summed E-state index contributed by atoms with van der Waals surface area (Å²) in [6.07, 6.45) is 0. The molecule has 2 aromatic rings. The molecule has 2 rings (SSSR count). The molecule has 1 aromatic carbocycles. The molecule has 0 saturated carbocycles. The van der Waals surface area contributed by atoms with Crippen LogP contribution >= 0.6 is 22.9 Å². The number of rotatable bonds is 4. The number of hydrogen-bond acceptors (Lipinski definition) is 5. The van der Waals surface area contributed by atoms with Crippen molar-refractivity contribution in [1.82, 2.24) is 4.98 Å². The molecule has 19 heavy (non-hydrogen) atoms. The van der Waals surface area contributed by atoms with Gasteiger partial charge in [-0.25, -0.2) is 9.78 Å². The summed E-state index contributed by atoms with van der Waals surface area (Å²) >= 11 is 6.77. The first-order valence-electron chi connectivity index (χ1n) is 5.25. The Balaban J connectivity index is 2.31. The van der Waals surface area contributed by atoms with Gasteiger partial charge in [-0.05, 0) is 24.3 Å². The second-order valence-corrected chi connectivity index (χ2v) is 5.13. The van der Waals surface area contributed by atoms with Crippen LogP contribution in [0.5, 0.6) is 0 Å². The quantitative estimate of drug-likeness (QED) is 0.845. The Labute approximate surface area is 117 Å². The van der Waals surface area contributed by atoms with E-state index in [9.17, 15) is 9.59 Å². The van der Waals surface area contributed by atoms with E-state index in [1.807, 2.05) is 0 Å². The van der Waals surface area contributed by atoms with E-state index in [-0.39, 0.29) is 16.4 Å². The highest BCUT2D eigenvalue weighted by atomic mass is 35.5. The average Bonchev–Trinajstić information content (AvgIpc) is 2.76. The molecule has 1 aromatic heterocycles. The number of aromatic nitrogens is 1. The standard InChI is InChI=1S/C12H9ClN2O3S/c1-6(16)10-9(11(17)18)15-12(19-10)14-8-4-2-7(13)3-5-8/h2-5H,1H3,(H,14,15)(H,17,18). The van der Waals surface area contributed by atoms with Crippen LogP contribution in [0.3, 0.4) is 0 Å². The van der Waals surface area contributed by atoms with E-state index in [0.29, 0.717) is 15.8 Å². The number of nitrogens with one attached hydrogen (secondary N) is 1. The minimum absolute atomic E-state index is 0.129. The Morgan fingerprint density at radius 1 is 1.32 bits per heavy atom. The lowest BCUT2D eigenvalue weighted by Crippen LogP contribution is -2.03. The second-order valence-electron chi connectivity index (χ2n) is 3.69. The number of thiazole rings is 1. The number of ketones is 1. The Kier molecular flexibility index (Phi) is 3.82. The van der Waals surface area contributed by atoms with Crippen molar-refractivity contribution in [3.63, 3.8) is 0 Å². The van der Waals surface area contributed by atoms with Crippen molar-refractivity contribution in [2.45, 2.75) is 6.92 Å². The van der Waals surface area contributed by atoms with Crippen molar-refractivity contribution in [2.24, 2.45) is 0 Å². The summed E-state index contributed by atoms with van der Waals surface area (Å²) in [6.45, 7) is 1.31. The number of aromatic carboxylic acids is 1. The molecule has 0 saturated heterocycles. The predicted octanol–water partition coefficient (Wildman–Crippen LogP) is 3.44. The zero-order valence-electron chi connectivity index (χ0n) is 9.81. The molecule has 2 N–H and O–H groups in total. The molecule has 0 aliphatic rings. The van der Waals surface area contributed by atoms with Crippen LogP contribution in [-0.4, -0.2) is 21.8 Å². The number of benzene rings is 1. The number of carbonyl (C=O) groups excluding carboxylic acids is 1.